The van der Waals surface area contributed by atoms with Gasteiger partial charge < -0.3 is 10.1 Å². The summed E-state index contributed by atoms with van der Waals surface area (Å²) >= 11 is 0. The fourth-order valence-electron chi connectivity index (χ4n) is 1.83. The van der Waals surface area contributed by atoms with Crippen molar-refractivity contribution in [1.82, 2.24) is 15.1 Å². The number of halogens is 1. The minimum absolute atomic E-state index is 0.215. The molecule has 0 bridgehead atoms. The normalized spacial score (nSPS) is 10.9. The molecule has 5 heteroatoms. The van der Waals surface area contributed by atoms with Crippen LogP contribution in [-0.2, 0) is 11.3 Å². The van der Waals surface area contributed by atoms with E-state index in [2.05, 4.69) is 10.4 Å². The van der Waals surface area contributed by atoms with Gasteiger partial charge in [0.2, 0.25) is 0 Å². The molecule has 2 rings (SSSR count). The first-order chi connectivity index (χ1) is 9.22. The quantitative estimate of drug-likeness (QED) is 0.811. The summed E-state index contributed by atoms with van der Waals surface area (Å²) < 4.78 is 20.1. The Kier molecular flexibility index (Phi) is 4.65. The summed E-state index contributed by atoms with van der Waals surface area (Å²) in [4.78, 5) is 0. The van der Waals surface area contributed by atoms with E-state index in [9.17, 15) is 4.39 Å². The predicted octanol–water partition coefficient (Wildman–Crippen LogP) is 2.06. The van der Waals surface area contributed by atoms with E-state index in [-0.39, 0.29) is 5.82 Å². The Balaban J connectivity index is 2.06. The van der Waals surface area contributed by atoms with E-state index in [1.807, 2.05) is 18.3 Å². The number of methoxy groups -OCH3 is 1. The highest BCUT2D eigenvalue weighted by Crippen LogP contribution is 2.16. The zero-order chi connectivity index (χ0) is 13.7. The van der Waals surface area contributed by atoms with Crippen LogP contribution in [0.5, 0.6) is 0 Å². The molecule has 0 fully saturated rings. The highest BCUT2D eigenvalue weighted by atomic mass is 19.1. The second kappa shape index (κ2) is 6.45. The summed E-state index contributed by atoms with van der Waals surface area (Å²) in [5, 5.41) is 7.65. The zero-order valence-corrected chi connectivity index (χ0v) is 11.2. The summed E-state index contributed by atoms with van der Waals surface area (Å²) in [5.41, 5.74) is 2.28. The fraction of sp³-hybridized carbons (Fsp3) is 0.357. The average Bonchev–Trinajstić information content (AvgIpc) is 2.87. The van der Waals surface area contributed by atoms with Crippen LogP contribution in [-0.4, -0.2) is 30.0 Å². The Morgan fingerprint density at radius 3 is 3.00 bits per heavy atom. The molecular formula is C14H18FN3O. The average molecular weight is 263 g/mol. The smallest absolute Gasteiger partial charge is 0.128 e. The van der Waals surface area contributed by atoms with E-state index >= 15 is 0 Å². The number of ether oxygens (including phenoxy) is 1. The molecule has 0 spiro atoms. The Morgan fingerprint density at radius 2 is 2.21 bits per heavy atom. The maximum Gasteiger partial charge on any atom is 0.128 e. The van der Waals surface area contributed by atoms with Crippen LogP contribution in [0.1, 0.15) is 11.3 Å². The van der Waals surface area contributed by atoms with Crippen molar-refractivity contribution in [2.75, 3.05) is 20.3 Å². The lowest BCUT2D eigenvalue weighted by Gasteiger charge is -2.06. The molecule has 0 saturated carbocycles. The molecule has 0 atom stereocenters. The van der Waals surface area contributed by atoms with Gasteiger partial charge in [0.05, 0.1) is 18.0 Å². The molecule has 4 nitrogen and oxygen atoms in total. The Hall–Kier alpha value is -1.72. The number of nitrogens with one attached hydrogen (secondary N) is 1. The van der Waals surface area contributed by atoms with Gasteiger partial charge in [-0.25, -0.2) is 9.07 Å². The number of aromatic nitrogens is 2. The molecule has 0 aliphatic heterocycles. The lowest BCUT2D eigenvalue weighted by Crippen LogP contribution is -2.18. The van der Waals surface area contributed by atoms with Crippen LogP contribution in [0.2, 0.25) is 0 Å². The van der Waals surface area contributed by atoms with E-state index in [1.54, 1.807) is 24.8 Å². The third-order valence-electron chi connectivity index (χ3n) is 2.92. The lowest BCUT2D eigenvalue weighted by molar-refractivity contribution is 0.199. The first-order valence-electron chi connectivity index (χ1n) is 6.22. The van der Waals surface area contributed by atoms with E-state index < -0.39 is 0 Å². The van der Waals surface area contributed by atoms with E-state index in [4.69, 9.17) is 4.74 Å². The summed E-state index contributed by atoms with van der Waals surface area (Å²) in [6, 6.07) is 6.92. The maximum absolute atomic E-state index is 13.5. The summed E-state index contributed by atoms with van der Waals surface area (Å²) in [6.45, 7) is 3.87. The van der Waals surface area contributed by atoms with Gasteiger partial charge in [0.15, 0.2) is 0 Å². The third-order valence-corrected chi connectivity index (χ3v) is 2.92. The number of rotatable bonds is 6. The highest BCUT2D eigenvalue weighted by Gasteiger charge is 2.07. The van der Waals surface area contributed by atoms with Crippen LogP contribution >= 0.6 is 0 Å². The zero-order valence-electron chi connectivity index (χ0n) is 11.2. The molecule has 19 heavy (non-hydrogen) atoms. The van der Waals surface area contributed by atoms with Crippen LogP contribution in [0.3, 0.4) is 0 Å². The summed E-state index contributed by atoms with van der Waals surface area (Å²) in [7, 11) is 1.67. The second-order valence-electron chi connectivity index (χ2n) is 4.31. The van der Waals surface area contributed by atoms with Crippen molar-refractivity contribution in [3.63, 3.8) is 0 Å². The molecule has 0 aliphatic carbocycles. The molecule has 0 amide bonds. The molecule has 0 unspecified atom stereocenters. The van der Waals surface area contributed by atoms with Gasteiger partial charge >= 0.3 is 0 Å². The first kappa shape index (κ1) is 13.7. The van der Waals surface area contributed by atoms with Crippen LogP contribution < -0.4 is 5.32 Å². The third kappa shape index (κ3) is 3.39. The van der Waals surface area contributed by atoms with Crippen molar-refractivity contribution in [3.8, 4) is 5.69 Å². The molecule has 0 aliphatic rings. The van der Waals surface area contributed by atoms with Gasteiger partial charge in [-0.2, -0.15) is 5.10 Å². The van der Waals surface area contributed by atoms with Crippen LogP contribution in [0.4, 0.5) is 4.39 Å². The van der Waals surface area contributed by atoms with Gasteiger partial charge in [-0.05, 0) is 25.1 Å². The van der Waals surface area contributed by atoms with E-state index in [0.29, 0.717) is 18.7 Å². The van der Waals surface area contributed by atoms with Crippen molar-refractivity contribution >= 4 is 0 Å². The Bertz CT molecular complexity index is 539. The maximum atomic E-state index is 13.5. The Morgan fingerprint density at radius 1 is 1.37 bits per heavy atom. The molecular weight excluding hydrogens is 245 g/mol. The van der Waals surface area contributed by atoms with Gasteiger partial charge in [0, 0.05) is 32.0 Å². The van der Waals surface area contributed by atoms with E-state index in [0.717, 1.165) is 17.9 Å². The molecule has 1 heterocycles. The molecule has 102 valence electrons. The minimum atomic E-state index is -0.215. The standard InChI is InChI=1S/C14H18FN3O/c1-11-13(15)4-3-5-14(11)18-8-6-12(17-18)10-16-7-9-19-2/h3-6,8,16H,7,9-10H2,1-2H3. The van der Waals surface area contributed by atoms with Crippen molar-refractivity contribution < 1.29 is 9.13 Å². The number of hydrogen-bond acceptors (Lipinski definition) is 3. The van der Waals surface area contributed by atoms with Crippen molar-refractivity contribution in [2.24, 2.45) is 0 Å². The topological polar surface area (TPSA) is 39.1 Å². The molecule has 1 N–H and O–H groups in total. The van der Waals surface area contributed by atoms with Crippen LogP contribution in [0, 0.1) is 12.7 Å². The summed E-state index contributed by atoms with van der Waals surface area (Å²) in [5.74, 6) is -0.215. The minimum Gasteiger partial charge on any atom is -0.383 e. The largest absolute Gasteiger partial charge is 0.383 e. The molecule has 1 aromatic heterocycles. The van der Waals surface area contributed by atoms with Gasteiger partial charge in [-0.1, -0.05) is 6.07 Å². The SMILES string of the molecule is COCCNCc1ccn(-c2cccc(F)c2C)n1. The second-order valence-corrected chi connectivity index (χ2v) is 4.31. The molecule has 2 aromatic rings. The van der Waals surface area contributed by atoms with Gasteiger partial charge in [0.1, 0.15) is 5.82 Å². The fourth-order valence-corrected chi connectivity index (χ4v) is 1.83. The molecule has 0 saturated heterocycles. The summed E-state index contributed by atoms with van der Waals surface area (Å²) in [6.07, 6.45) is 1.84. The van der Waals surface area contributed by atoms with Crippen molar-refractivity contribution in [2.45, 2.75) is 13.5 Å². The molecule has 1 aromatic carbocycles. The van der Waals surface area contributed by atoms with Crippen LogP contribution in [0.15, 0.2) is 30.5 Å². The van der Waals surface area contributed by atoms with Crippen molar-refractivity contribution in [1.29, 1.82) is 0 Å². The highest BCUT2D eigenvalue weighted by molar-refractivity contribution is 5.40. The first-order valence-corrected chi connectivity index (χ1v) is 6.22. The van der Waals surface area contributed by atoms with E-state index in [1.165, 1.54) is 6.07 Å². The van der Waals surface area contributed by atoms with Gasteiger partial charge in [-0.15, -0.1) is 0 Å². The Labute approximate surface area is 112 Å². The number of nitrogens with zero attached hydrogens (tertiary/aromatic N) is 2. The van der Waals surface area contributed by atoms with Gasteiger partial charge in [-0.3, -0.25) is 0 Å². The monoisotopic (exact) mass is 263 g/mol. The number of hydrogen-bond donors (Lipinski definition) is 1. The van der Waals surface area contributed by atoms with Crippen molar-refractivity contribution in [3.05, 3.63) is 47.5 Å². The van der Waals surface area contributed by atoms with Crippen LogP contribution in [0.25, 0.3) is 5.69 Å². The number of benzene rings is 1. The molecule has 0 radical (unpaired) electrons. The lowest BCUT2D eigenvalue weighted by atomic mass is 10.2. The van der Waals surface area contributed by atoms with Gasteiger partial charge in [0.25, 0.3) is 0 Å². The predicted molar refractivity (Wildman–Crippen MR) is 71.8 cm³/mol.